The maximum Gasteiger partial charge on any atom is 0.246 e. The van der Waals surface area contributed by atoms with Crippen LogP contribution in [0.2, 0.25) is 0 Å². The van der Waals surface area contributed by atoms with E-state index in [2.05, 4.69) is 5.32 Å². The molecule has 1 unspecified atom stereocenters. The molecule has 1 N–H and O–H groups in total. The van der Waals surface area contributed by atoms with Crippen molar-refractivity contribution < 1.29 is 9.53 Å². The highest BCUT2D eigenvalue weighted by Crippen LogP contribution is 2.07. The van der Waals surface area contributed by atoms with Gasteiger partial charge in [0.05, 0.1) is 5.38 Å². The highest BCUT2D eigenvalue weighted by atomic mass is 35.5. The Balaban J connectivity index is 3.46. The standard InChI is InChI=1S/C9H18ClNO2/c1-4-13-6-9(12)11-5-8(10)7(2)3/h7-8H,4-6H2,1-3H3,(H,11,12). The summed E-state index contributed by atoms with van der Waals surface area (Å²) in [5, 5.41) is 2.69. The highest BCUT2D eigenvalue weighted by molar-refractivity contribution is 6.21. The van der Waals surface area contributed by atoms with Crippen LogP contribution in [0.25, 0.3) is 0 Å². The fourth-order valence-corrected chi connectivity index (χ4v) is 0.770. The summed E-state index contributed by atoms with van der Waals surface area (Å²) in [5.74, 6) is 0.266. The Morgan fingerprint density at radius 2 is 2.15 bits per heavy atom. The first-order chi connectivity index (χ1) is 6.07. The van der Waals surface area contributed by atoms with E-state index in [1.54, 1.807) is 0 Å². The van der Waals surface area contributed by atoms with Crippen molar-refractivity contribution in [2.45, 2.75) is 26.1 Å². The van der Waals surface area contributed by atoms with E-state index in [0.717, 1.165) is 0 Å². The lowest BCUT2D eigenvalue weighted by Crippen LogP contribution is -2.34. The maximum atomic E-state index is 11.0. The van der Waals surface area contributed by atoms with Gasteiger partial charge in [-0.3, -0.25) is 4.79 Å². The number of ether oxygens (including phenoxy) is 1. The van der Waals surface area contributed by atoms with Crippen molar-refractivity contribution in [3.05, 3.63) is 0 Å². The van der Waals surface area contributed by atoms with Crippen molar-refractivity contribution in [2.75, 3.05) is 19.8 Å². The van der Waals surface area contributed by atoms with E-state index in [1.807, 2.05) is 20.8 Å². The van der Waals surface area contributed by atoms with Crippen LogP contribution in [0.15, 0.2) is 0 Å². The van der Waals surface area contributed by atoms with Crippen LogP contribution in [-0.4, -0.2) is 31.0 Å². The topological polar surface area (TPSA) is 38.3 Å². The molecule has 0 aliphatic rings. The van der Waals surface area contributed by atoms with Crippen LogP contribution in [0, 0.1) is 5.92 Å². The van der Waals surface area contributed by atoms with E-state index >= 15 is 0 Å². The minimum atomic E-state index is -0.104. The molecule has 0 spiro atoms. The van der Waals surface area contributed by atoms with Crippen LogP contribution < -0.4 is 5.32 Å². The predicted molar refractivity (Wildman–Crippen MR) is 54.0 cm³/mol. The second-order valence-electron chi connectivity index (χ2n) is 3.20. The first kappa shape index (κ1) is 12.7. The van der Waals surface area contributed by atoms with Gasteiger partial charge in [0.1, 0.15) is 6.61 Å². The van der Waals surface area contributed by atoms with Crippen LogP contribution in [0.1, 0.15) is 20.8 Å². The van der Waals surface area contributed by atoms with Crippen LogP contribution in [0.4, 0.5) is 0 Å². The van der Waals surface area contributed by atoms with Crippen molar-refractivity contribution in [1.82, 2.24) is 5.32 Å². The molecule has 0 rings (SSSR count). The van der Waals surface area contributed by atoms with Gasteiger partial charge in [-0.1, -0.05) is 13.8 Å². The van der Waals surface area contributed by atoms with Gasteiger partial charge >= 0.3 is 0 Å². The van der Waals surface area contributed by atoms with Gasteiger partial charge < -0.3 is 10.1 Å². The van der Waals surface area contributed by atoms with Crippen molar-refractivity contribution in [3.63, 3.8) is 0 Å². The quantitative estimate of drug-likeness (QED) is 0.669. The molecule has 1 atom stereocenters. The molecular weight excluding hydrogens is 190 g/mol. The summed E-state index contributed by atoms with van der Waals surface area (Å²) in [7, 11) is 0. The molecule has 0 radical (unpaired) electrons. The molecule has 0 aromatic rings. The molecule has 0 aromatic carbocycles. The Hall–Kier alpha value is -0.280. The lowest BCUT2D eigenvalue weighted by Gasteiger charge is -2.13. The number of nitrogens with one attached hydrogen (secondary N) is 1. The number of carbonyl (C=O) groups excluding carboxylic acids is 1. The van der Waals surface area contributed by atoms with Crippen LogP contribution >= 0.6 is 11.6 Å². The number of hydrogen-bond acceptors (Lipinski definition) is 2. The van der Waals surface area contributed by atoms with E-state index in [1.165, 1.54) is 0 Å². The van der Waals surface area contributed by atoms with Gasteiger partial charge in [-0.05, 0) is 12.8 Å². The zero-order chi connectivity index (χ0) is 10.3. The van der Waals surface area contributed by atoms with Crippen molar-refractivity contribution in [2.24, 2.45) is 5.92 Å². The Morgan fingerprint density at radius 1 is 1.54 bits per heavy atom. The largest absolute Gasteiger partial charge is 0.372 e. The number of hydrogen-bond donors (Lipinski definition) is 1. The second kappa shape index (κ2) is 7.15. The average Bonchev–Trinajstić information content (AvgIpc) is 2.10. The van der Waals surface area contributed by atoms with E-state index in [9.17, 15) is 4.79 Å². The molecule has 3 nitrogen and oxygen atoms in total. The smallest absolute Gasteiger partial charge is 0.246 e. The maximum absolute atomic E-state index is 11.0. The zero-order valence-electron chi connectivity index (χ0n) is 8.47. The van der Waals surface area contributed by atoms with Gasteiger partial charge in [0.25, 0.3) is 0 Å². The third kappa shape index (κ3) is 6.84. The second-order valence-corrected chi connectivity index (χ2v) is 3.76. The molecule has 0 fully saturated rings. The summed E-state index contributed by atoms with van der Waals surface area (Å²) in [6.45, 7) is 7.08. The van der Waals surface area contributed by atoms with Gasteiger partial charge in [-0.15, -0.1) is 11.6 Å². The Kier molecular flexibility index (Phi) is 7.00. The van der Waals surface area contributed by atoms with Crippen molar-refractivity contribution in [3.8, 4) is 0 Å². The molecule has 1 amide bonds. The van der Waals surface area contributed by atoms with Gasteiger partial charge in [0, 0.05) is 13.2 Å². The number of rotatable bonds is 6. The first-order valence-electron chi connectivity index (χ1n) is 4.56. The summed E-state index contributed by atoms with van der Waals surface area (Å²) in [6.07, 6.45) is 0. The van der Waals surface area contributed by atoms with Crippen molar-refractivity contribution >= 4 is 17.5 Å². The summed E-state index contributed by atoms with van der Waals surface area (Å²) in [4.78, 5) is 11.0. The molecule has 78 valence electrons. The minimum Gasteiger partial charge on any atom is -0.372 e. The van der Waals surface area contributed by atoms with Gasteiger partial charge in [0.2, 0.25) is 5.91 Å². The molecule has 0 saturated heterocycles. The number of halogens is 1. The first-order valence-corrected chi connectivity index (χ1v) is 5.00. The van der Waals surface area contributed by atoms with E-state index < -0.39 is 0 Å². The lowest BCUT2D eigenvalue weighted by molar-refractivity contribution is -0.125. The number of amides is 1. The molecular formula is C9H18ClNO2. The van der Waals surface area contributed by atoms with Crippen LogP contribution in [-0.2, 0) is 9.53 Å². The Morgan fingerprint density at radius 3 is 2.62 bits per heavy atom. The van der Waals surface area contributed by atoms with Crippen LogP contribution in [0.5, 0.6) is 0 Å². The number of carbonyl (C=O) groups is 1. The highest BCUT2D eigenvalue weighted by Gasteiger charge is 2.10. The molecule has 0 aliphatic heterocycles. The Bertz CT molecular complexity index is 151. The monoisotopic (exact) mass is 207 g/mol. The predicted octanol–water partition coefficient (Wildman–Crippen LogP) is 1.40. The fraction of sp³-hybridized carbons (Fsp3) is 0.889. The van der Waals surface area contributed by atoms with Crippen LogP contribution in [0.3, 0.4) is 0 Å². The zero-order valence-corrected chi connectivity index (χ0v) is 9.23. The molecule has 13 heavy (non-hydrogen) atoms. The summed E-state index contributed by atoms with van der Waals surface area (Å²) < 4.78 is 4.93. The van der Waals surface area contributed by atoms with Gasteiger partial charge in [-0.25, -0.2) is 0 Å². The molecule has 0 saturated carbocycles. The van der Waals surface area contributed by atoms with E-state index in [-0.39, 0.29) is 17.9 Å². The third-order valence-electron chi connectivity index (χ3n) is 1.65. The summed E-state index contributed by atoms with van der Waals surface area (Å²) in [5.41, 5.74) is 0. The average molecular weight is 208 g/mol. The fourth-order valence-electron chi connectivity index (χ4n) is 0.693. The van der Waals surface area contributed by atoms with Gasteiger partial charge in [0.15, 0.2) is 0 Å². The summed E-state index contributed by atoms with van der Waals surface area (Å²) >= 11 is 5.94. The minimum absolute atomic E-state index is 0.00873. The SMILES string of the molecule is CCOCC(=O)NCC(Cl)C(C)C. The number of alkyl halides is 1. The molecule has 4 heteroatoms. The van der Waals surface area contributed by atoms with Crippen molar-refractivity contribution in [1.29, 1.82) is 0 Å². The molecule has 0 aliphatic carbocycles. The molecule has 0 bridgehead atoms. The molecule has 0 heterocycles. The summed E-state index contributed by atoms with van der Waals surface area (Å²) in [6, 6.07) is 0. The normalized spacial score (nSPS) is 13.0. The van der Waals surface area contributed by atoms with Gasteiger partial charge in [-0.2, -0.15) is 0 Å². The third-order valence-corrected chi connectivity index (χ3v) is 2.31. The Labute approximate surface area is 84.8 Å². The van der Waals surface area contributed by atoms with E-state index in [4.69, 9.17) is 16.3 Å². The van der Waals surface area contributed by atoms with E-state index in [0.29, 0.717) is 19.1 Å². The lowest BCUT2D eigenvalue weighted by atomic mass is 10.1. The molecule has 0 aromatic heterocycles.